The SMILES string of the molecule is N#C/C(NN)=C(/N)c1cccc(COc2ccc3ccoc3c2)c1. The Hall–Kier alpha value is -3.43. The molecular formula is C18H16N4O2. The predicted octanol–water partition coefficient (Wildman–Crippen LogP) is 2.63. The van der Waals surface area contributed by atoms with E-state index in [2.05, 4.69) is 5.43 Å². The number of rotatable bonds is 5. The van der Waals surface area contributed by atoms with Crippen LogP contribution in [0, 0.1) is 11.3 Å². The molecule has 0 bridgehead atoms. The van der Waals surface area contributed by atoms with Crippen molar-refractivity contribution in [3.63, 3.8) is 0 Å². The van der Waals surface area contributed by atoms with E-state index in [9.17, 15) is 0 Å². The van der Waals surface area contributed by atoms with Crippen LogP contribution in [0.5, 0.6) is 5.75 Å². The fourth-order valence-corrected chi connectivity index (χ4v) is 2.33. The molecule has 2 aromatic carbocycles. The second-order valence-corrected chi connectivity index (χ2v) is 5.15. The zero-order valence-electron chi connectivity index (χ0n) is 12.8. The zero-order valence-corrected chi connectivity index (χ0v) is 12.8. The van der Waals surface area contributed by atoms with Gasteiger partial charge in [-0.25, -0.2) is 5.84 Å². The summed E-state index contributed by atoms with van der Waals surface area (Å²) in [7, 11) is 0. The minimum atomic E-state index is 0.122. The number of ether oxygens (including phenoxy) is 1. The molecule has 0 unspecified atom stereocenters. The Balaban J connectivity index is 1.77. The normalized spacial score (nSPS) is 11.7. The van der Waals surface area contributed by atoms with Gasteiger partial charge in [-0.3, -0.25) is 0 Å². The molecule has 0 atom stereocenters. The van der Waals surface area contributed by atoms with Crippen molar-refractivity contribution in [1.29, 1.82) is 5.26 Å². The van der Waals surface area contributed by atoms with E-state index in [0.717, 1.165) is 16.5 Å². The molecule has 1 heterocycles. The summed E-state index contributed by atoms with van der Waals surface area (Å²) in [6.07, 6.45) is 1.64. The molecule has 0 amide bonds. The first-order valence-corrected chi connectivity index (χ1v) is 7.27. The van der Waals surface area contributed by atoms with Gasteiger partial charge >= 0.3 is 0 Å². The third-order valence-electron chi connectivity index (χ3n) is 3.60. The van der Waals surface area contributed by atoms with Gasteiger partial charge < -0.3 is 20.3 Å². The van der Waals surface area contributed by atoms with Crippen LogP contribution in [0.25, 0.3) is 16.7 Å². The molecule has 0 aliphatic heterocycles. The van der Waals surface area contributed by atoms with Crippen LogP contribution in [0.1, 0.15) is 11.1 Å². The Kier molecular flexibility index (Phi) is 4.36. The maximum absolute atomic E-state index is 8.98. The molecule has 0 aliphatic carbocycles. The Labute approximate surface area is 138 Å². The number of hydrogen-bond acceptors (Lipinski definition) is 6. The lowest BCUT2D eigenvalue weighted by molar-refractivity contribution is 0.306. The number of nitrogens with one attached hydrogen (secondary N) is 1. The molecule has 5 N–H and O–H groups in total. The molecular weight excluding hydrogens is 304 g/mol. The molecule has 24 heavy (non-hydrogen) atoms. The Morgan fingerprint density at radius 2 is 2.08 bits per heavy atom. The summed E-state index contributed by atoms with van der Waals surface area (Å²) < 4.78 is 11.2. The number of nitriles is 1. The highest BCUT2D eigenvalue weighted by molar-refractivity contribution is 5.78. The van der Waals surface area contributed by atoms with Crippen molar-refractivity contribution in [2.45, 2.75) is 6.61 Å². The van der Waals surface area contributed by atoms with Crippen LogP contribution in [0.2, 0.25) is 0 Å². The van der Waals surface area contributed by atoms with Crippen molar-refractivity contribution in [2.24, 2.45) is 11.6 Å². The van der Waals surface area contributed by atoms with Gasteiger partial charge in [-0.1, -0.05) is 18.2 Å². The van der Waals surface area contributed by atoms with E-state index < -0.39 is 0 Å². The molecule has 0 aliphatic rings. The van der Waals surface area contributed by atoms with E-state index in [-0.39, 0.29) is 5.70 Å². The minimum Gasteiger partial charge on any atom is -0.489 e. The highest BCUT2D eigenvalue weighted by Crippen LogP contribution is 2.23. The smallest absolute Gasteiger partial charge is 0.151 e. The Bertz CT molecular complexity index is 937. The Morgan fingerprint density at radius 1 is 1.21 bits per heavy atom. The van der Waals surface area contributed by atoms with E-state index >= 15 is 0 Å². The molecule has 0 fully saturated rings. The topological polar surface area (TPSA) is 110 Å². The predicted molar refractivity (Wildman–Crippen MR) is 91.0 cm³/mol. The molecule has 3 rings (SSSR count). The number of furan rings is 1. The molecule has 0 radical (unpaired) electrons. The van der Waals surface area contributed by atoms with E-state index in [4.69, 9.17) is 26.0 Å². The fraction of sp³-hybridized carbons (Fsp3) is 0.0556. The molecule has 6 heteroatoms. The quantitative estimate of drug-likeness (QED) is 0.379. The van der Waals surface area contributed by atoms with E-state index in [1.807, 2.05) is 54.6 Å². The molecule has 0 spiro atoms. The number of allylic oxidation sites excluding steroid dienone is 1. The van der Waals surface area contributed by atoms with Crippen LogP contribution >= 0.6 is 0 Å². The summed E-state index contributed by atoms with van der Waals surface area (Å²) in [6, 6.07) is 16.9. The molecule has 0 saturated carbocycles. The minimum absolute atomic E-state index is 0.122. The first-order chi connectivity index (χ1) is 11.7. The van der Waals surface area contributed by atoms with Gasteiger partial charge in [0, 0.05) is 17.0 Å². The maximum Gasteiger partial charge on any atom is 0.151 e. The number of hydrazine groups is 1. The number of fused-ring (bicyclic) bond motifs is 1. The van der Waals surface area contributed by atoms with Crippen LogP contribution in [0.4, 0.5) is 0 Å². The number of hydrogen-bond donors (Lipinski definition) is 3. The largest absolute Gasteiger partial charge is 0.489 e. The van der Waals surface area contributed by atoms with Gasteiger partial charge in [0.25, 0.3) is 0 Å². The van der Waals surface area contributed by atoms with Gasteiger partial charge in [0.1, 0.15) is 24.0 Å². The van der Waals surface area contributed by atoms with E-state index in [0.29, 0.717) is 23.6 Å². The molecule has 1 aromatic heterocycles. The fourth-order valence-electron chi connectivity index (χ4n) is 2.33. The lowest BCUT2D eigenvalue weighted by Gasteiger charge is -2.09. The lowest BCUT2D eigenvalue weighted by Crippen LogP contribution is -2.23. The summed E-state index contributed by atoms with van der Waals surface area (Å²) in [6.45, 7) is 0.366. The summed E-state index contributed by atoms with van der Waals surface area (Å²) in [5.41, 5.74) is 11.1. The van der Waals surface area contributed by atoms with E-state index in [1.165, 1.54) is 0 Å². The summed E-state index contributed by atoms with van der Waals surface area (Å²) >= 11 is 0. The molecule has 0 saturated heterocycles. The average molecular weight is 320 g/mol. The average Bonchev–Trinajstić information content (AvgIpc) is 3.09. The summed E-state index contributed by atoms with van der Waals surface area (Å²) in [5, 5.41) is 10.0. The third kappa shape index (κ3) is 3.16. The van der Waals surface area contributed by atoms with Crippen molar-refractivity contribution < 1.29 is 9.15 Å². The maximum atomic E-state index is 8.98. The second-order valence-electron chi connectivity index (χ2n) is 5.15. The van der Waals surface area contributed by atoms with Gasteiger partial charge in [-0.15, -0.1) is 0 Å². The lowest BCUT2D eigenvalue weighted by atomic mass is 10.1. The number of nitrogens with zero attached hydrogens (tertiary/aromatic N) is 1. The van der Waals surface area contributed by atoms with Crippen LogP contribution in [0.3, 0.4) is 0 Å². The number of nitrogens with two attached hydrogens (primary N) is 2. The highest BCUT2D eigenvalue weighted by Gasteiger charge is 2.06. The first-order valence-electron chi connectivity index (χ1n) is 7.27. The first kappa shape index (κ1) is 15.5. The van der Waals surface area contributed by atoms with Crippen molar-refractivity contribution >= 4 is 16.7 Å². The van der Waals surface area contributed by atoms with Crippen molar-refractivity contribution in [3.8, 4) is 11.8 Å². The van der Waals surface area contributed by atoms with Crippen molar-refractivity contribution in [1.82, 2.24) is 5.43 Å². The Morgan fingerprint density at radius 3 is 2.88 bits per heavy atom. The zero-order chi connectivity index (χ0) is 16.9. The number of benzene rings is 2. The van der Waals surface area contributed by atoms with Crippen LogP contribution in [-0.4, -0.2) is 0 Å². The van der Waals surface area contributed by atoms with Crippen LogP contribution in [-0.2, 0) is 6.61 Å². The van der Waals surface area contributed by atoms with Crippen LogP contribution < -0.4 is 21.7 Å². The van der Waals surface area contributed by atoms with Gasteiger partial charge in [-0.2, -0.15) is 5.26 Å². The van der Waals surface area contributed by atoms with Crippen molar-refractivity contribution in [3.05, 3.63) is 71.6 Å². The van der Waals surface area contributed by atoms with Crippen LogP contribution in [0.15, 0.2) is 64.9 Å². The highest BCUT2D eigenvalue weighted by atomic mass is 16.5. The van der Waals surface area contributed by atoms with Gasteiger partial charge in [0.2, 0.25) is 0 Å². The third-order valence-corrected chi connectivity index (χ3v) is 3.60. The van der Waals surface area contributed by atoms with E-state index in [1.54, 1.807) is 6.26 Å². The summed E-state index contributed by atoms with van der Waals surface area (Å²) in [5.74, 6) is 6.00. The standard InChI is InChI=1S/C18H16N4O2/c19-10-16(22-21)18(20)14-3-1-2-12(8-14)11-24-15-5-4-13-6-7-23-17(13)9-15/h1-9,22H,11,20-21H2/b18-16-. The molecule has 6 nitrogen and oxygen atoms in total. The summed E-state index contributed by atoms with van der Waals surface area (Å²) in [4.78, 5) is 0. The monoisotopic (exact) mass is 320 g/mol. The van der Waals surface area contributed by atoms with Crippen molar-refractivity contribution in [2.75, 3.05) is 0 Å². The van der Waals surface area contributed by atoms with Gasteiger partial charge in [0.15, 0.2) is 5.70 Å². The van der Waals surface area contributed by atoms with Gasteiger partial charge in [-0.05, 0) is 29.8 Å². The molecule has 120 valence electrons. The molecule has 3 aromatic rings. The van der Waals surface area contributed by atoms with Gasteiger partial charge in [0.05, 0.1) is 12.0 Å². The second kappa shape index (κ2) is 6.77.